The van der Waals surface area contributed by atoms with Crippen molar-refractivity contribution in [2.24, 2.45) is 0 Å². The van der Waals surface area contributed by atoms with Crippen LogP contribution in [0.25, 0.3) is 0 Å². The molecule has 1 aliphatic rings. The highest BCUT2D eigenvalue weighted by Gasteiger charge is 2.46. The number of amides is 1. The molecule has 104 valence electrons. The number of rotatable bonds is 2. The number of nitrogens with zero attached hydrogens (tertiary/aromatic N) is 1. The SMILES string of the molecule is CC1(C)CC[C@H]([C@H](O)c2ccccc2Cl)N1C(=O)O. The lowest BCUT2D eigenvalue weighted by molar-refractivity contribution is 0.0362. The van der Waals surface area contributed by atoms with Crippen LogP contribution in [0.3, 0.4) is 0 Å². The van der Waals surface area contributed by atoms with Crippen LogP contribution in [0.5, 0.6) is 0 Å². The van der Waals surface area contributed by atoms with Gasteiger partial charge in [-0.1, -0.05) is 29.8 Å². The van der Waals surface area contributed by atoms with Crippen LogP contribution in [0.15, 0.2) is 24.3 Å². The molecule has 0 aliphatic carbocycles. The van der Waals surface area contributed by atoms with Crippen molar-refractivity contribution in [3.63, 3.8) is 0 Å². The fraction of sp³-hybridized carbons (Fsp3) is 0.500. The average molecular weight is 284 g/mol. The Morgan fingerprint density at radius 2 is 2.11 bits per heavy atom. The quantitative estimate of drug-likeness (QED) is 0.875. The van der Waals surface area contributed by atoms with E-state index in [1.165, 1.54) is 4.90 Å². The minimum absolute atomic E-state index is 0.451. The Labute approximate surface area is 117 Å². The molecule has 1 amide bonds. The lowest BCUT2D eigenvalue weighted by Gasteiger charge is -2.35. The van der Waals surface area contributed by atoms with E-state index >= 15 is 0 Å². The van der Waals surface area contributed by atoms with E-state index in [1.54, 1.807) is 24.3 Å². The fourth-order valence-electron chi connectivity index (χ4n) is 2.82. The van der Waals surface area contributed by atoms with Crippen molar-refractivity contribution in [3.8, 4) is 0 Å². The zero-order valence-corrected chi connectivity index (χ0v) is 11.8. The summed E-state index contributed by atoms with van der Waals surface area (Å²) in [6, 6.07) is 6.55. The minimum Gasteiger partial charge on any atom is -0.465 e. The largest absolute Gasteiger partial charge is 0.465 e. The van der Waals surface area contributed by atoms with Crippen molar-refractivity contribution in [2.75, 3.05) is 0 Å². The molecular formula is C14H18ClNO3. The number of aliphatic hydroxyl groups is 1. The summed E-state index contributed by atoms with van der Waals surface area (Å²) in [5, 5.41) is 20.3. The maximum Gasteiger partial charge on any atom is 0.408 e. The first kappa shape index (κ1) is 14.2. The molecule has 1 aliphatic heterocycles. The number of halogens is 1. The molecule has 0 saturated carbocycles. The molecule has 19 heavy (non-hydrogen) atoms. The molecule has 5 heteroatoms. The van der Waals surface area contributed by atoms with Crippen LogP contribution in [0.2, 0.25) is 5.02 Å². The maximum atomic E-state index is 11.4. The van der Waals surface area contributed by atoms with E-state index in [9.17, 15) is 15.0 Å². The summed E-state index contributed by atoms with van der Waals surface area (Å²) in [4.78, 5) is 12.8. The Morgan fingerprint density at radius 1 is 1.47 bits per heavy atom. The molecule has 4 nitrogen and oxygen atoms in total. The van der Waals surface area contributed by atoms with Crippen molar-refractivity contribution < 1.29 is 15.0 Å². The van der Waals surface area contributed by atoms with Crippen molar-refractivity contribution in [2.45, 2.75) is 44.4 Å². The number of benzene rings is 1. The van der Waals surface area contributed by atoms with Gasteiger partial charge < -0.3 is 10.2 Å². The summed E-state index contributed by atoms with van der Waals surface area (Å²) < 4.78 is 0. The summed E-state index contributed by atoms with van der Waals surface area (Å²) in [6.45, 7) is 3.75. The zero-order chi connectivity index (χ0) is 14.2. The first-order valence-electron chi connectivity index (χ1n) is 6.29. The number of aliphatic hydroxyl groups excluding tert-OH is 1. The van der Waals surface area contributed by atoms with Gasteiger partial charge in [0.1, 0.15) is 6.10 Å². The fourth-order valence-corrected chi connectivity index (χ4v) is 3.07. The number of hydrogen-bond acceptors (Lipinski definition) is 2. The van der Waals surface area contributed by atoms with Gasteiger partial charge in [0, 0.05) is 16.1 Å². The van der Waals surface area contributed by atoms with Gasteiger partial charge in [-0.3, -0.25) is 4.90 Å². The highest BCUT2D eigenvalue weighted by Crippen LogP contribution is 2.40. The third-order valence-electron chi connectivity index (χ3n) is 3.83. The van der Waals surface area contributed by atoms with Crippen LogP contribution in [0, 0.1) is 0 Å². The topological polar surface area (TPSA) is 60.8 Å². The molecule has 2 atom stereocenters. The van der Waals surface area contributed by atoms with Crippen molar-refractivity contribution in [1.29, 1.82) is 0 Å². The van der Waals surface area contributed by atoms with Gasteiger partial charge in [-0.25, -0.2) is 4.79 Å². The lowest BCUT2D eigenvalue weighted by Crippen LogP contribution is -2.48. The Kier molecular flexibility index (Phi) is 3.74. The Hall–Kier alpha value is -1.26. The van der Waals surface area contributed by atoms with Gasteiger partial charge >= 0.3 is 6.09 Å². The van der Waals surface area contributed by atoms with E-state index in [1.807, 2.05) is 13.8 Å². The van der Waals surface area contributed by atoms with E-state index in [2.05, 4.69) is 0 Å². The molecule has 1 saturated heterocycles. The third-order valence-corrected chi connectivity index (χ3v) is 4.17. The second-order valence-electron chi connectivity index (χ2n) is 5.54. The standard InChI is InChI=1S/C14H18ClNO3/c1-14(2)8-7-11(16(14)13(18)19)12(17)9-5-3-4-6-10(9)15/h3-6,11-12,17H,7-8H2,1-2H3,(H,18,19)/t11-,12-/m1/s1. The number of hydrogen-bond donors (Lipinski definition) is 2. The van der Waals surface area contributed by atoms with Crippen molar-refractivity contribution in [1.82, 2.24) is 4.90 Å². The molecule has 2 rings (SSSR count). The summed E-state index contributed by atoms with van der Waals surface area (Å²) >= 11 is 6.07. The molecule has 1 aromatic rings. The molecule has 0 bridgehead atoms. The monoisotopic (exact) mass is 283 g/mol. The van der Waals surface area contributed by atoms with E-state index in [0.717, 1.165) is 6.42 Å². The smallest absolute Gasteiger partial charge is 0.408 e. The first-order chi connectivity index (χ1) is 8.84. The van der Waals surface area contributed by atoms with E-state index in [-0.39, 0.29) is 0 Å². The van der Waals surface area contributed by atoms with E-state index in [4.69, 9.17) is 11.6 Å². The van der Waals surface area contributed by atoms with Crippen LogP contribution in [-0.2, 0) is 0 Å². The van der Waals surface area contributed by atoms with Crippen LogP contribution in [0.4, 0.5) is 4.79 Å². The van der Waals surface area contributed by atoms with Gasteiger partial charge in [0.2, 0.25) is 0 Å². The Balaban J connectivity index is 2.32. The number of carboxylic acid groups (broad SMARTS) is 1. The minimum atomic E-state index is -1.00. The molecule has 1 fully saturated rings. The van der Waals surface area contributed by atoms with Crippen molar-refractivity contribution >= 4 is 17.7 Å². The van der Waals surface area contributed by atoms with Crippen LogP contribution >= 0.6 is 11.6 Å². The van der Waals surface area contributed by atoms with Crippen LogP contribution in [-0.4, -0.2) is 32.8 Å². The average Bonchev–Trinajstić information content (AvgIpc) is 2.64. The lowest BCUT2D eigenvalue weighted by atomic mass is 10.00. The molecule has 0 aromatic heterocycles. The molecule has 1 heterocycles. The number of carbonyl (C=O) groups is 1. The second-order valence-corrected chi connectivity index (χ2v) is 5.94. The summed E-state index contributed by atoms with van der Waals surface area (Å²) in [7, 11) is 0. The highest BCUT2D eigenvalue weighted by atomic mass is 35.5. The molecule has 0 unspecified atom stereocenters. The Morgan fingerprint density at radius 3 is 2.68 bits per heavy atom. The predicted molar refractivity (Wildman–Crippen MR) is 73.4 cm³/mol. The van der Waals surface area contributed by atoms with Gasteiger partial charge in [0.25, 0.3) is 0 Å². The highest BCUT2D eigenvalue weighted by molar-refractivity contribution is 6.31. The van der Waals surface area contributed by atoms with Crippen LogP contribution < -0.4 is 0 Å². The van der Waals surface area contributed by atoms with Crippen molar-refractivity contribution in [3.05, 3.63) is 34.9 Å². The van der Waals surface area contributed by atoms with Gasteiger partial charge in [0.05, 0.1) is 6.04 Å². The molecular weight excluding hydrogens is 266 g/mol. The normalized spacial score (nSPS) is 23.4. The van der Waals surface area contributed by atoms with Crippen LogP contribution in [0.1, 0.15) is 38.4 Å². The summed E-state index contributed by atoms with van der Waals surface area (Å²) in [5.41, 5.74) is 0.122. The maximum absolute atomic E-state index is 11.4. The molecule has 2 N–H and O–H groups in total. The molecule has 0 radical (unpaired) electrons. The van der Waals surface area contributed by atoms with Gasteiger partial charge in [0.15, 0.2) is 0 Å². The second kappa shape index (κ2) is 5.02. The summed E-state index contributed by atoms with van der Waals surface area (Å²) in [5.74, 6) is 0. The Bertz CT molecular complexity index is 489. The van der Waals surface area contributed by atoms with E-state index in [0.29, 0.717) is 17.0 Å². The predicted octanol–water partition coefficient (Wildman–Crippen LogP) is 3.29. The van der Waals surface area contributed by atoms with Gasteiger partial charge in [-0.05, 0) is 32.8 Å². The van der Waals surface area contributed by atoms with Gasteiger partial charge in [-0.15, -0.1) is 0 Å². The first-order valence-corrected chi connectivity index (χ1v) is 6.67. The zero-order valence-electron chi connectivity index (χ0n) is 11.0. The molecule has 1 aromatic carbocycles. The van der Waals surface area contributed by atoms with Gasteiger partial charge in [-0.2, -0.15) is 0 Å². The van der Waals surface area contributed by atoms with E-state index < -0.39 is 23.8 Å². The summed E-state index contributed by atoms with van der Waals surface area (Å²) in [6.07, 6.45) is -0.540. The molecule has 0 spiro atoms. The number of likely N-dealkylation sites (tertiary alicyclic amines) is 1. The third kappa shape index (κ3) is 2.55.